The number of hydrogen-bond donors (Lipinski definition) is 1. The zero-order chi connectivity index (χ0) is 13.1. The molecule has 0 bridgehead atoms. The molecule has 0 radical (unpaired) electrons. The van der Waals surface area contributed by atoms with Crippen LogP contribution in [-0.4, -0.2) is 70.4 Å². The van der Waals surface area contributed by atoms with E-state index in [4.69, 9.17) is 4.74 Å². The highest BCUT2D eigenvalue weighted by atomic mass is 16.5. The zero-order valence-electron chi connectivity index (χ0n) is 11.6. The second kappa shape index (κ2) is 5.98. The molecule has 0 aromatic carbocycles. The van der Waals surface area contributed by atoms with E-state index in [1.54, 1.807) is 0 Å². The number of nitrogens with zero attached hydrogens (tertiary/aromatic N) is 4. The lowest BCUT2D eigenvalue weighted by Gasteiger charge is -2.32. The van der Waals surface area contributed by atoms with Crippen molar-refractivity contribution in [2.24, 2.45) is 0 Å². The molecular formula is C13H23N5O. The minimum atomic E-state index is 0.692. The van der Waals surface area contributed by atoms with Crippen LogP contribution in [0, 0.1) is 0 Å². The highest BCUT2D eigenvalue weighted by Crippen LogP contribution is 2.18. The Morgan fingerprint density at radius 1 is 1.32 bits per heavy atom. The Morgan fingerprint density at radius 3 is 2.89 bits per heavy atom. The van der Waals surface area contributed by atoms with Crippen LogP contribution in [0.3, 0.4) is 0 Å². The van der Waals surface area contributed by atoms with Crippen molar-refractivity contribution < 1.29 is 4.74 Å². The first kappa shape index (κ1) is 13.0. The Bertz CT molecular complexity index is 401. The van der Waals surface area contributed by atoms with Gasteiger partial charge in [-0.15, -0.1) is 0 Å². The van der Waals surface area contributed by atoms with E-state index in [2.05, 4.69) is 31.9 Å². The number of rotatable bonds is 4. The minimum Gasteiger partial charge on any atom is -0.379 e. The van der Waals surface area contributed by atoms with Crippen molar-refractivity contribution >= 4 is 0 Å². The number of aromatic nitrogens is 3. The fourth-order valence-electron chi connectivity index (χ4n) is 2.97. The van der Waals surface area contributed by atoms with Gasteiger partial charge >= 0.3 is 0 Å². The van der Waals surface area contributed by atoms with E-state index in [0.717, 1.165) is 64.0 Å². The number of likely N-dealkylation sites (tertiary alicyclic amines) is 1. The van der Waals surface area contributed by atoms with Crippen molar-refractivity contribution in [1.82, 2.24) is 25.0 Å². The molecule has 1 aromatic rings. The predicted octanol–water partition coefficient (Wildman–Crippen LogP) is 0.274. The van der Waals surface area contributed by atoms with Gasteiger partial charge in [-0.2, -0.15) is 5.10 Å². The maximum Gasteiger partial charge on any atom is 0.150 e. The number of ether oxygens (including phenoxy) is 1. The monoisotopic (exact) mass is 265 g/mol. The summed E-state index contributed by atoms with van der Waals surface area (Å²) in [6.07, 6.45) is 2.15. The fourth-order valence-corrected chi connectivity index (χ4v) is 2.97. The summed E-state index contributed by atoms with van der Waals surface area (Å²) in [4.78, 5) is 9.53. The third-order valence-corrected chi connectivity index (χ3v) is 4.08. The molecule has 2 aliphatic heterocycles. The standard InChI is InChI=1S/C13H23N5O/c1-2-12-14-13(16-15-12)10-17-4-3-11(9-17)18-5-7-19-8-6-18/h11H,2-10H2,1H3,(H,14,15,16). The van der Waals surface area contributed by atoms with Gasteiger partial charge in [-0.1, -0.05) is 6.92 Å². The van der Waals surface area contributed by atoms with Crippen LogP contribution in [0.2, 0.25) is 0 Å². The number of hydrogen-bond acceptors (Lipinski definition) is 5. The molecular weight excluding hydrogens is 242 g/mol. The molecule has 1 N–H and O–H groups in total. The summed E-state index contributed by atoms with van der Waals surface area (Å²) < 4.78 is 5.42. The van der Waals surface area contributed by atoms with Gasteiger partial charge in [0.25, 0.3) is 0 Å². The van der Waals surface area contributed by atoms with Gasteiger partial charge in [-0.3, -0.25) is 14.9 Å². The second-order valence-corrected chi connectivity index (χ2v) is 5.38. The average Bonchev–Trinajstić information content (AvgIpc) is 3.09. The Morgan fingerprint density at radius 2 is 2.16 bits per heavy atom. The van der Waals surface area contributed by atoms with Crippen LogP contribution in [0.1, 0.15) is 25.0 Å². The van der Waals surface area contributed by atoms with E-state index in [1.165, 1.54) is 6.42 Å². The SMILES string of the molecule is CCc1n[nH]c(CN2CCC(N3CCOCC3)C2)n1. The lowest BCUT2D eigenvalue weighted by atomic mass is 10.2. The van der Waals surface area contributed by atoms with Crippen molar-refractivity contribution in [3.05, 3.63) is 11.6 Å². The smallest absolute Gasteiger partial charge is 0.150 e. The first-order valence-electron chi connectivity index (χ1n) is 7.29. The van der Waals surface area contributed by atoms with Crippen molar-refractivity contribution in [3.63, 3.8) is 0 Å². The minimum absolute atomic E-state index is 0.692. The topological polar surface area (TPSA) is 57.3 Å². The third-order valence-electron chi connectivity index (χ3n) is 4.08. The van der Waals surface area contributed by atoms with E-state index < -0.39 is 0 Å². The lowest BCUT2D eigenvalue weighted by molar-refractivity contribution is 0.0183. The number of aromatic amines is 1. The Kier molecular flexibility index (Phi) is 4.10. The van der Waals surface area contributed by atoms with Crippen molar-refractivity contribution in [2.45, 2.75) is 32.4 Å². The Balaban J connectivity index is 1.51. The molecule has 2 saturated heterocycles. The zero-order valence-corrected chi connectivity index (χ0v) is 11.6. The summed E-state index contributed by atoms with van der Waals surface area (Å²) in [6.45, 7) is 9.22. The maximum absolute atomic E-state index is 5.42. The summed E-state index contributed by atoms with van der Waals surface area (Å²) in [7, 11) is 0. The largest absolute Gasteiger partial charge is 0.379 e. The molecule has 2 fully saturated rings. The molecule has 6 nitrogen and oxygen atoms in total. The van der Waals surface area contributed by atoms with Crippen LogP contribution in [0.25, 0.3) is 0 Å². The Labute approximate surface area is 114 Å². The van der Waals surface area contributed by atoms with E-state index in [-0.39, 0.29) is 0 Å². The first-order valence-corrected chi connectivity index (χ1v) is 7.29. The van der Waals surface area contributed by atoms with Gasteiger partial charge in [0.15, 0.2) is 0 Å². The summed E-state index contributed by atoms with van der Waals surface area (Å²) >= 11 is 0. The van der Waals surface area contributed by atoms with Crippen molar-refractivity contribution in [2.75, 3.05) is 39.4 Å². The summed E-state index contributed by atoms with van der Waals surface area (Å²) in [5, 5.41) is 7.24. The van der Waals surface area contributed by atoms with Gasteiger partial charge in [-0.25, -0.2) is 4.98 Å². The molecule has 19 heavy (non-hydrogen) atoms. The Hall–Kier alpha value is -0.980. The molecule has 0 amide bonds. The lowest BCUT2D eigenvalue weighted by Crippen LogP contribution is -2.44. The number of morpholine rings is 1. The summed E-state index contributed by atoms with van der Waals surface area (Å²) in [6, 6.07) is 0.692. The van der Waals surface area contributed by atoms with Gasteiger partial charge in [0.05, 0.1) is 19.8 Å². The second-order valence-electron chi connectivity index (χ2n) is 5.38. The molecule has 1 aromatic heterocycles. The van der Waals surface area contributed by atoms with E-state index >= 15 is 0 Å². The molecule has 1 atom stereocenters. The molecule has 0 spiro atoms. The average molecular weight is 265 g/mol. The molecule has 0 saturated carbocycles. The molecule has 0 aliphatic carbocycles. The van der Waals surface area contributed by atoms with Crippen LogP contribution in [-0.2, 0) is 17.7 Å². The van der Waals surface area contributed by atoms with Gasteiger partial charge < -0.3 is 4.74 Å². The molecule has 6 heteroatoms. The van der Waals surface area contributed by atoms with Crippen LogP contribution < -0.4 is 0 Å². The molecule has 3 heterocycles. The van der Waals surface area contributed by atoms with E-state index in [9.17, 15) is 0 Å². The van der Waals surface area contributed by atoms with Crippen LogP contribution >= 0.6 is 0 Å². The first-order chi connectivity index (χ1) is 9.35. The number of aryl methyl sites for hydroxylation is 1. The molecule has 106 valence electrons. The quantitative estimate of drug-likeness (QED) is 0.847. The molecule has 3 rings (SSSR count). The fraction of sp³-hybridized carbons (Fsp3) is 0.846. The highest BCUT2D eigenvalue weighted by Gasteiger charge is 2.28. The van der Waals surface area contributed by atoms with Crippen molar-refractivity contribution in [1.29, 1.82) is 0 Å². The van der Waals surface area contributed by atoms with Gasteiger partial charge in [0, 0.05) is 38.6 Å². The van der Waals surface area contributed by atoms with Gasteiger partial charge in [0.2, 0.25) is 0 Å². The third kappa shape index (κ3) is 3.13. The predicted molar refractivity (Wildman–Crippen MR) is 71.8 cm³/mol. The van der Waals surface area contributed by atoms with E-state index in [1.807, 2.05) is 0 Å². The molecule has 2 aliphatic rings. The molecule has 1 unspecified atom stereocenters. The maximum atomic E-state index is 5.42. The summed E-state index contributed by atoms with van der Waals surface area (Å²) in [5.41, 5.74) is 0. The van der Waals surface area contributed by atoms with Gasteiger partial charge in [-0.05, 0) is 6.42 Å². The van der Waals surface area contributed by atoms with Gasteiger partial charge in [0.1, 0.15) is 11.6 Å². The number of nitrogens with one attached hydrogen (secondary N) is 1. The number of H-pyrrole nitrogens is 1. The van der Waals surface area contributed by atoms with Crippen molar-refractivity contribution in [3.8, 4) is 0 Å². The highest BCUT2D eigenvalue weighted by molar-refractivity contribution is 4.92. The normalized spacial score (nSPS) is 26.1. The van der Waals surface area contributed by atoms with Crippen LogP contribution in [0.5, 0.6) is 0 Å². The van der Waals surface area contributed by atoms with Crippen LogP contribution in [0.4, 0.5) is 0 Å². The van der Waals surface area contributed by atoms with Crippen LogP contribution in [0.15, 0.2) is 0 Å². The van der Waals surface area contributed by atoms with E-state index in [0.29, 0.717) is 6.04 Å². The summed E-state index contributed by atoms with van der Waals surface area (Å²) in [5.74, 6) is 1.92.